The molecule has 1 heterocycles. The summed E-state index contributed by atoms with van der Waals surface area (Å²) in [5, 5.41) is 0. The van der Waals surface area contributed by atoms with Gasteiger partial charge in [0.25, 0.3) is 0 Å². The lowest BCUT2D eigenvalue weighted by Gasteiger charge is -2.31. The SMILES string of the molecule is Cc1cc(C)c(C(NN)C2CCCCO2)cc1C. The summed E-state index contributed by atoms with van der Waals surface area (Å²) in [4.78, 5) is 0. The molecule has 3 N–H and O–H groups in total. The topological polar surface area (TPSA) is 47.3 Å². The molecule has 2 unspecified atom stereocenters. The first-order valence-corrected chi connectivity index (χ1v) is 6.79. The van der Waals surface area contributed by atoms with Crippen molar-refractivity contribution < 1.29 is 4.74 Å². The minimum absolute atomic E-state index is 0.101. The zero-order valence-corrected chi connectivity index (χ0v) is 11.6. The molecule has 18 heavy (non-hydrogen) atoms. The molecule has 1 aliphatic rings. The molecule has 2 rings (SSSR count). The Bertz CT molecular complexity index is 411. The Morgan fingerprint density at radius 1 is 1.17 bits per heavy atom. The Hall–Kier alpha value is -0.900. The van der Waals surface area contributed by atoms with Gasteiger partial charge in [0.05, 0.1) is 12.1 Å². The Morgan fingerprint density at radius 3 is 2.50 bits per heavy atom. The number of rotatable bonds is 3. The van der Waals surface area contributed by atoms with E-state index in [0.717, 1.165) is 13.0 Å². The van der Waals surface area contributed by atoms with Crippen LogP contribution in [0.2, 0.25) is 0 Å². The van der Waals surface area contributed by atoms with Crippen molar-refractivity contribution in [1.29, 1.82) is 0 Å². The molecule has 1 aliphatic heterocycles. The number of ether oxygens (including phenoxy) is 1. The molecule has 0 spiro atoms. The maximum absolute atomic E-state index is 5.87. The average Bonchev–Trinajstić information content (AvgIpc) is 2.38. The minimum Gasteiger partial charge on any atom is -0.376 e. The van der Waals surface area contributed by atoms with E-state index < -0.39 is 0 Å². The van der Waals surface area contributed by atoms with Gasteiger partial charge in [0, 0.05) is 6.61 Å². The van der Waals surface area contributed by atoms with Crippen LogP contribution in [0, 0.1) is 20.8 Å². The summed E-state index contributed by atoms with van der Waals surface area (Å²) in [5.41, 5.74) is 8.15. The number of nitrogens with one attached hydrogen (secondary N) is 1. The van der Waals surface area contributed by atoms with Crippen molar-refractivity contribution in [1.82, 2.24) is 5.43 Å². The maximum Gasteiger partial charge on any atom is 0.0782 e. The van der Waals surface area contributed by atoms with E-state index >= 15 is 0 Å². The lowest BCUT2D eigenvalue weighted by molar-refractivity contribution is -0.00835. The van der Waals surface area contributed by atoms with Gasteiger partial charge in [0.2, 0.25) is 0 Å². The van der Waals surface area contributed by atoms with Gasteiger partial charge in [0.1, 0.15) is 0 Å². The van der Waals surface area contributed by atoms with Crippen molar-refractivity contribution in [2.75, 3.05) is 6.61 Å². The van der Waals surface area contributed by atoms with Crippen molar-refractivity contribution in [2.45, 2.75) is 52.2 Å². The van der Waals surface area contributed by atoms with E-state index in [1.165, 1.54) is 35.1 Å². The van der Waals surface area contributed by atoms with Crippen LogP contribution in [0.1, 0.15) is 47.6 Å². The van der Waals surface area contributed by atoms with Gasteiger partial charge in [-0.3, -0.25) is 11.3 Å². The molecule has 2 atom stereocenters. The minimum atomic E-state index is 0.101. The second-order valence-electron chi connectivity index (χ2n) is 5.34. The molecule has 1 saturated heterocycles. The van der Waals surface area contributed by atoms with Crippen molar-refractivity contribution in [2.24, 2.45) is 5.84 Å². The molecule has 0 amide bonds. The van der Waals surface area contributed by atoms with Crippen molar-refractivity contribution >= 4 is 0 Å². The summed E-state index contributed by atoms with van der Waals surface area (Å²) in [7, 11) is 0. The van der Waals surface area contributed by atoms with Gasteiger partial charge in [0.15, 0.2) is 0 Å². The third-order valence-electron chi connectivity index (χ3n) is 3.98. The highest BCUT2D eigenvalue weighted by Gasteiger charge is 2.26. The number of benzene rings is 1. The molecule has 1 aromatic carbocycles. The Balaban J connectivity index is 2.28. The number of nitrogens with two attached hydrogens (primary N) is 1. The highest BCUT2D eigenvalue weighted by Crippen LogP contribution is 2.29. The molecule has 0 aromatic heterocycles. The molecule has 1 aromatic rings. The van der Waals surface area contributed by atoms with Crippen LogP contribution < -0.4 is 11.3 Å². The first-order valence-electron chi connectivity index (χ1n) is 6.79. The smallest absolute Gasteiger partial charge is 0.0782 e. The van der Waals surface area contributed by atoms with Gasteiger partial charge < -0.3 is 4.74 Å². The second-order valence-corrected chi connectivity index (χ2v) is 5.34. The van der Waals surface area contributed by atoms with E-state index in [2.05, 4.69) is 38.3 Å². The van der Waals surface area contributed by atoms with Gasteiger partial charge in [-0.05, 0) is 62.3 Å². The Morgan fingerprint density at radius 2 is 1.89 bits per heavy atom. The molecule has 0 saturated carbocycles. The first-order chi connectivity index (χ1) is 8.63. The quantitative estimate of drug-likeness (QED) is 0.638. The molecule has 0 bridgehead atoms. The van der Waals surface area contributed by atoms with Crippen LogP contribution in [0.3, 0.4) is 0 Å². The van der Waals surface area contributed by atoms with Crippen LogP contribution >= 0.6 is 0 Å². The van der Waals surface area contributed by atoms with Crippen LogP contribution in [0.5, 0.6) is 0 Å². The van der Waals surface area contributed by atoms with E-state index in [1.54, 1.807) is 0 Å². The summed E-state index contributed by atoms with van der Waals surface area (Å²) in [5.74, 6) is 5.76. The zero-order chi connectivity index (χ0) is 13.1. The van der Waals surface area contributed by atoms with Crippen molar-refractivity contribution in [3.8, 4) is 0 Å². The monoisotopic (exact) mass is 248 g/mol. The molecule has 0 aliphatic carbocycles. The molecular formula is C15H24N2O. The molecule has 1 fully saturated rings. The first kappa shape index (κ1) is 13.5. The highest BCUT2D eigenvalue weighted by atomic mass is 16.5. The predicted molar refractivity (Wildman–Crippen MR) is 74.3 cm³/mol. The lowest BCUT2D eigenvalue weighted by atomic mass is 9.90. The summed E-state index contributed by atoms with van der Waals surface area (Å²) in [6.45, 7) is 7.29. The van der Waals surface area contributed by atoms with Crippen LogP contribution in [0.25, 0.3) is 0 Å². The molecule has 0 radical (unpaired) electrons. The molecular weight excluding hydrogens is 224 g/mol. The van der Waals surface area contributed by atoms with Gasteiger partial charge in [-0.15, -0.1) is 0 Å². The largest absolute Gasteiger partial charge is 0.376 e. The Kier molecular flexibility index (Phi) is 4.38. The molecule has 100 valence electrons. The van der Waals surface area contributed by atoms with E-state index in [-0.39, 0.29) is 12.1 Å². The normalized spacial score (nSPS) is 21.9. The molecule has 3 nitrogen and oxygen atoms in total. The van der Waals surface area contributed by atoms with Crippen molar-refractivity contribution in [3.63, 3.8) is 0 Å². The van der Waals surface area contributed by atoms with Gasteiger partial charge in [-0.1, -0.05) is 12.1 Å². The third kappa shape index (κ3) is 2.74. The highest BCUT2D eigenvalue weighted by molar-refractivity contribution is 5.38. The fraction of sp³-hybridized carbons (Fsp3) is 0.600. The predicted octanol–water partition coefficient (Wildman–Crippen LogP) is 2.69. The second kappa shape index (κ2) is 5.83. The third-order valence-corrected chi connectivity index (χ3v) is 3.98. The van der Waals surface area contributed by atoms with Gasteiger partial charge >= 0.3 is 0 Å². The van der Waals surface area contributed by atoms with E-state index in [1.807, 2.05) is 0 Å². The van der Waals surface area contributed by atoms with Crippen molar-refractivity contribution in [3.05, 3.63) is 34.4 Å². The number of hydrogen-bond donors (Lipinski definition) is 2. The maximum atomic E-state index is 5.87. The average molecular weight is 248 g/mol. The standard InChI is InChI=1S/C15H24N2O/c1-10-8-12(3)13(9-11(10)2)15(17-16)14-6-4-5-7-18-14/h8-9,14-15,17H,4-7,16H2,1-3H3. The summed E-state index contributed by atoms with van der Waals surface area (Å²) in [6, 6.07) is 4.58. The van der Waals surface area contributed by atoms with Gasteiger partial charge in [-0.2, -0.15) is 0 Å². The van der Waals surface area contributed by atoms with Crippen LogP contribution in [0.4, 0.5) is 0 Å². The fourth-order valence-corrected chi connectivity index (χ4v) is 2.74. The summed E-state index contributed by atoms with van der Waals surface area (Å²) < 4.78 is 5.87. The van der Waals surface area contributed by atoms with Crippen LogP contribution in [0.15, 0.2) is 12.1 Å². The number of aryl methyl sites for hydroxylation is 3. The van der Waals surface area contributed by atoms with Crippen LogP contribution in [-0.4, -0.2) is 12.7 Å². The fourth-order valence-electron chi connectivity index (χ4n) is 2.74. The molecule has 3 heteroatoms. The van der Waals surface area contributed by atoms with Gasteiger partial charge in [-0.25, -0.2) is 0 Å². The summed E-state index contributed by atoms with van der Waals surface area (Å²) in [6.07, 6.45) is 3.68. The van der Waals surface area contributed by atoms with Crippen LogP contribution in [-0.2, 0) is 4.74 Å². The number of hydrazine groups is 1. The van der Waals surface area contributed by atoms with E-state index in [9.17, 15) is 0 Å². The van der Waals surface area contributed by atoms with E-state index in [4.69, 9.17) is 10.6 Å². The van der Waals surface area contributed by atoms with E-state index in [0.29, 0.717) is 0 Å². The lowest BCUT2D eigenvalue weighted by Crippen LogP contribution is -2.40. The Labute approximate surface area is 110 Å². The zero-order valence-electron chi connectivity index (χ0n) is 11.6. The summed E-state index contributed by atoms with van der Waals surface area (Å²) >= 11 is 0. The number of hydrogen-bond acceptors (Lipinski definition) is 3.